The van der Waals surface area contributed by atoms with Gasteiger partial charge in [-0.05, 0) is 36.2 Å². The Morgan fingerprint density at radius 2 is 1.84 bits per heavy atom. The summed E-state index contributed by atoms with van der Waals surface area (Å²) in [6.07, 6.45) is 0.0812. The zero-order valence-electron chi connectivity index (χ0n) is 16.4. The van der Waals surface area contributed by atoms with Crippen molar-refractivity contribution in [1.82, 2.24) is 9.97 Å². The van der Waals surface area contributed by atoms with Crippen molar-refractivity contribution in [1.29, 1.82) is 0 Å². The van der Waals surface area contributed by atoms with Crippen molar-refractivity contribution >= 4 is 40.9 Å². The van der Waals surface area contributed by atoms with E-state index in [2.05, 4.69) is 25.9 Å². The molecule has 0 saturated heterocycles. The Hall–Kier alpha value is -3.65. The zero-order chi connectivity index (χ0) is 21.8. The quantitative estimate of drug-likeness (QED) is 0.472. The van der Waals surface area contributed by atoms with Crippen LogP contribution in [-0.4, -0.2) is 21.8 Å². The molecule has 31 heavy (non-hydrogen) atoms. The monoisotopic (exact) mass is 437 g/mol. The number of carbonyl (C=O) groups is 2. The summed E-state index contributed by atoms with van der Waals surface area (Å²) >= 11 is 5.84. The summed E-state index contributed by atoms with van der Waals surface area (Å²) < 4.78 is 0. The average Bonchev–Trinajstić information content (AvgIpc) is 2.75. The molecule has 0 aliphatic carbocycles. The van der Waals surface area contributed by atoms with Gasteiger partial charge < -0.3 is 16.0 Å². The highest BCUT2D eigenvalue weighted by atomic mass is 35.5. The predicted molar refractivity (Wildman–Crippen MR) is 119 cm³/mol. The Morgan fingerprint density at radius 1 is 1.10 bits per heavy atom. The molecule has 1 aliphatic rings. The fourth-order valence-electron chi connectivity index (χ4n) is 3.35. The van der Waals surface area contributed by atoms with Gasteiger partial charge in [0.15, 0.2) is 0 Å². The van der Waals surface area contributed by atoms with Crippen LogP contribution in [0, 0.1) is 5.92 Å². The molecule has 3 aromatic rings. The van der Waals surface area contributed by atoms with Crippen LogP contribution in [0.1, 0.15) is 17.5 Å². The minimum Gasteiger partial charge on any atom is -0.352 e. The van der Waals surface area contributed by atoms with Gasteiger partial charge in [0, 0.05) is 23.7 Å². The van der Waals surface area contributed by atoms with E-state index in [4.69, 9.17) is 11.6 Å². The number of hydrogen-bond donors (Lipinski definition) is 4. The number of H-pyrrole nitrogens is 1. The first-order valence-corrected chi connectivity index (χ1v) is 10.1. The Kier molecular flexibility index (Phi) is 5.99. The summed E-state index contributed by atoms with van der Waals surface area (Å²) in [5.41, 5.74) is 1.62. The maximum atomic E-state index is 12.6. The lowest BCUT2D eigenvalue weighted by Gasteiger charge is -2.23. The lowest BCUT2D eigenvalue weighted by Crippen LogP contribution is -2.37. The molecule has 1 aromatic heterocycles. The first kappa shape index (κ1) is 20.6. The van der Waals surface area contributed by atoms with Crippen LogP contribution in [0.15, 0.2) is 59.4 Å². The van der Waals surface area contributed by atoms with E-state index in [1.54, 1.807) is 24.3 Å². The molecule has 0 saturated carbocycles. The van der Waals surface area contributed by atoms with Gasteiger partial charge in [-0.25, -0.2) is 0 Å². The molecule has 4 N–H and O–H groups in total. The topological polar surface area (TPSA) is 116 Å². The number of nitrogens with zero attached hydrogens (tertiary/aromatic N) is 1. The molecule has 1 atom stereocenters. The summed E-state index contributed by atoms with van der Waals surface area (Å²) in [6.45, 7) is 0.476. The Labute approximate surface area is 183 Å². The largest absolute Gasteiger partial charge is 0.352 e. The predicted octanol–water partition coefficient (Wildman–Crippen LogP) is 3.17. The highest BCUT2D eigenvalue weighted by Gasteiger charge is 2.31. The highest BCUT2D eigenvalue weighted by Crippen LogP contribution is 2.24. The number of fused-ring (bicyclic) bond motifs is 1. The number of halogens is 1. The molecule has 0 spiro atoms. The number of nitrogens with one attached hydrogen (secondary N) is 4. The van der Waals surface area contributed by atoms with Gasteiger partial charge in [-0.15, -0.1) is 0 Å². The van der Waals surface area contributed by atoms with Gasteiger partial charge >= 0.3 is 0 Å². The zero-order valence-corrected chi connectivity index (χ0v) is 17.2. The van der Waals surface area contributed by atoms with Crippen LogP contribution in [0.2, 0.25) is 5.02 Å². The van der Waals surface area contributed by atoms with E-state index < -0.39 is 5.92 Å². The van der Waals surface area contributed by atoms with E-state index >= 15 is 0 Å². The average molecular weight is 438 g/mol. The van der Waals surface area contributed by atoms with Gasteiger partial charge in [-0.2, -0.15) is 4.98 Å². The van der Waals surface area contributed by atoms with Crippen LogP contribution in [-0.2, 0) is 22.6 Å². The maximum absolute atomic E-state index is 12.6. The van der Waals surface area contributed by atoms with Crippen molar-refractivity contribution in [2.75, 3.05) is 16.0 Å². The van der Waals surface area contributed by atoms with Crippen LogP contribution in [0.5, 0.6) is 0 Å². The molecule has 4 rings (SSSR count). The van der Waals surface area contributed by atoms with Crippen LogP contribution >= 0.6 is 11.6 Å². The summed E-state index contributed by atoms with van der Waals surface area (Å²) in [6, 6.07) is 16.3. The second-order valence-electron chi connectivity index (χ2n) is 7.23. The van der Waals surface area contributed by atoms with E-state index in [1.807, 2.05) is 30.3 Å². The normalized spacial score (nSPS) is 15.0. The minimum atomic E-state index is -0.661. The number of carbonyl (C=O) groups excluding carboxylic acids is 2. The Bertz CT molecular complexity index is 1160. The van der Waals surface area contributed by atoms with Gasteiger partial charge in [0.25, 0.3) is 5.56 Å². The standard InChI is InChI=1S/C22H20ClN5O3/c23-15-6-8-16(9-7-15)25-18(29)11-14-10-17-19(26-20(14)30)27-22(28-21(17)31)24-12-13-4-2-1-3-5-13/h1-9,14H,10-12H2,(H,25,29)(H3,24,26,27,28,30,31). The smallest absolute Gasteiger partial charge is 0.257 e. The summed E-state index contributed by atoms with van der Waals surface area (Å²) in [4.78, 5) is 44.4. The second kappa shape index (κ2) is 9.01. The minimum absolute atomic E-state index is 0.0542. The summed E-state index contributed by atoms with van der Waals surface area (Å²) in [5.74, 6) is -0.835. The van der Waals surface area contributed by atoms with Gasteiger partial charge in [0.2, 0.25) is 17.8 Å². The summed E-state index contributed by atoms with van der Waals surface area (Å²) in [5, 5.41) is 9.00. The van der Waals surface area contributed by atoms with Crippen LogP contribution < -0.4 is 21.5 Å². The van der Waals surface area contributed by atoms with Crippen molar-refractivity contribution in [3.8, 4) is 0 Å². The molecule has 2 aromatic carbocycles. The number of aromatic nitrogens is 2. The molecule has 0 fully saturated rings. The first-order chi connectivity index (χ1) is 15.0. The van der Waals surface area contributed by atoms with Gasteiger partial charge in [-0.3, -0.25) is 19.4 Å². The third kappa shape index (κ3) is 5.10. The van der Waals surface area contributed by atoms with E-state index in [0.717, 1.165) is 5.56 Å². The van der Waals surface area contributed by atoms with Gasteiger partial charge in [0.1, 0.15) is 5.82 Å². The van der Waals surface area contributed by atoms with Crippen LogP contribution in [0.25, 0.3) is 0 Å². The van der Waals surface area contributed by atoms with Crippen molar-refractivity contribution in [2.24, 2.45) is 5.92 Å². The van der Waals surface area contributed by atoms with E-state index in [1.165, 1.54) is 0 Å². The van der Waals surface area contributed by atoms with E-state index in [9.17, 15) is 14.4 Å². The van der Waals surface area contributed by atoms with Crippen molar-refractivity contribution in [2.45, 2.75) is 19.4 Å². The lowest BCUT2D eigenvalue weighted by molar-refractivity contribution is -0.125. The van der Waals surface area contributed by atoms with E-state index in [0.29, 0.717) is 22.8 Å². The number of anilines is 3. The second-order valence-corrected chi connectivity index (χ2v) is 7.67. The molecule has 2 amide bonds. The van der Waals surface area contributed by atoms with Crippen molar-refractivity contribution < 1.29 is 9.59 Å². The SMILES string of the molecule is O=C(CC1Cc2c(nc(NCc3ccccc3)[nH]c2=O)NC1=O)Nc1ccc(Cl)cc1. The molecule has 1 unspecified atom stereocenters. The third-order valence-electron chi connectivity index (χ3n) is 4.94. The molecule has 1 aliphatic heterocycles. The molecule has 9 heteroatoms. The Balaban J connectivity index is 1.42. The number of amides is 2. The lowest BCUT2D eigenvalue weighted by atomic mass is 9.92. The number of benzene rings is 2. The molecular weight excluding hydrogens is 418 g/mol. The number of aromatic amines is 1. The Morgan fingerprint density at radius 3 is 2.58 bits per heavy atom. The van der Waals surface area contributed by atoms with Crippen LogP contribution in [0.3, 0.4) is 0 Å². The summed E-state index contributed by atoms with van der Waals surface area (Å²) in [7, 11) is 0. The number of rotatable bonds is 6. The van der Waals surface area contributed by atoms with Crippen molar-refractivity contribution in [3.05, 3.63) is 81.1 Å². The van der Waals surface area contributed by atoms with Crippen LogP contribution in [0.4, 0.5) is 17.5 Å². The van der Waals surface area contributed by atoms with Crippen molar-refractivity contribution in [3.63, 3.8) is 0 Å². The highest BCUT2D eigenvalue weighted by molar-refractivity contribution is 6.30. The van der Waals surface area contributed by atoms with Gasteiger partial charge in [-0.1, -0.05) is 41.9 Å². The number of hydrogen-bond acceptors (Lipinski definition) is 5. The maximum Gasteiger partial charge on any atom is 0.257 e. The molecule has 8 nitrogen and oxygen atoms in total. The van der Waals surface area contributed by atoms with E-state index in [-0.39, 0.29) is 42.0 Å². The molecular formula is C22H20ClN5O3. The fraction of sp³-hybridized carbons (Fsp3) is 0.182. The molecule has 0 radical (unpaired) electrons. The van der Waals surface area contributed by atoms with Gasteiger partial charge in [0.05, 0.1) is 11.5 Å². The molecule has 0 bridgehead atoms. The molecule has 158 valence electrons. The third-order valence-corrected chi connectivity index (χ3v) is 5.19. The fourth-order valence-corrected chi connectivity index (χ4v) is 3.47. The molecule has 2 heterocycles. The first-order valence-electron chi connectivity index (χ1n) is 9.75.